The second kappa shape index (κ2) is 7.34. The van der Waals surface area contributed by atoms with Gasteiger partial charge in [0.15, 0.2) is 5.82 Å². The van der Waals surface area contributed by atoms with E-state index in [1.807, 2.05) is 53.8 Å². The molecule has 5 rings (SSSR count). The molecule has 1 fully saturated rings. The summed E-state index contributed by atoms with van der Waals surface area (Å²) in [5, 5.41) is 7.54. The molecule has 0 bridgehead atoms. The molecule has 2 unspecified atom stereocenters. The summed E-state index contributed by atoms with van der Waals surface area (Å²) < 4.78 is 7.67. The second-order valence-electron chi connectivity index (χ2n) is 7.53. The average Bonchev–Trinajstić information content (AvgIpc) is 3.42. The first kappa shape index (κ1) is 18.4. The third-order valence-electron chi connectivity index (χ3n) is 5.16. The Labute approximate surface area is 172 Å². The van der Waals surface area contributed by atoms with Gasteiger partial charge in [0.25, 0.3) is 5.91 Å². The van der Waals surface area contributed by atoms with Gasteiger partial charge < -0.3 is 9.64 Å². The Balaban J connectivity index is 1.42. The van der Waals surface area contributed by atoms with Crippen molar-refractivity contribution in [2.24, 2.45) is 0 Å². The zero-order chi connectivity index (χ0) is 20.7. The maximum atomic E-state index is 13.0. The summed E-state index contributed by atoms with van der Waals surface area (Å²) in [5.41, 5.74) is 2.93. The van der Waals surface area contributed by atoms with Crippen LogP contribution < -0.4 is 0 Å². The van der Waals surface area contributed by atoms with Crippen LogP contribution in [0.2, 0.25) is 0 Å². The van der Waals surface area contributed by atoms with Crippen LogP contribution in [0.3, 0.4) is 0 Å². The lowest BCUT2D eigenvalue weighted by atomic mass is 10.1. The molecule has 4 aromatic rings. The average molecular weight is 403 g/mol. The first-order valence-electron chi connectivity index (χ1n) is 9.82. The summed E-state index contributed by atoms with van der Waals surface area (Å²) in [6.45, 7) is 5.15. The van der Waals surface area contributed by atoms with Gasteiger partial charge in [0.1, 0.15) is 17.7 Å². The number of pyridine rings is 2. The molecule has 4 aromatic heterocycles. The number of ether oxygens (including phenoxy) is 1. The number of aromatic nitrogens is 6. The molecule has 1 N–H and O–H groups in total. The zero-order valence-corrected chi connectivity index (χ0v) is 16.7. The van der Waals surface area contributed by atoms with E-state index in [0.29, 0.717) is 30.2 Å². The predicted molar refractivity (Wildman–Crippen MR) is 110 cm³/mol. The van der Waals surface area contributed by atoms with Gasteiger partial charge in [-0.25, -0.2) is 9.97 Å². The summed E-state index contributed by atoms with van der Waals surface area (Å²) in [7, 11) is 0. The third-order valence-corrected chi connectivity index (χ3v) is 5.16. The topological polar surface area (TPSA) is 102 Å². The molecular formula is C21H21N7O2. The van der Waals surface area contributed by atoms with E-state index >= 15 is 0 Å². The molecule has 30 heavy (non-hydrogen) atoms. The standard InChI is InChI=1S/C21H21N7O2/c1-13-10-27(11-14(2)30-13)21(29)16-7-15-5-6-28(20(15)23-8-16)17-3-4-18(22-9-17)19-24-12-25-26-19/h3-9,12-14H,10-11H2,1-2H3,(H,24,25,26). The number of aromatic amines is 1. The normalized spacial score (nSPS) is 19.3. The van der Waals surface area contributed by atoms with Crippen LogP contribution in [0.25, 0.3) is 28.2 Å². The smallest absolute Gasteiger partial charge is 0.255 e. The zero-order valence-electron chi connectivity index (χ0n) is 16.7. The van der Waals surface area contributed by atoms with Gasteiger partial charge in [-0.2, -0.15) is 5.10 Å². The summed E-state index contributed by atoms with van der Waals surface area (Å²) in [6.07, 6.45) is 6.84. The van der Waals surface area contributed by atoms with Crippen molar-refractivity contribution < 1.29 is 9.53 Å². The van der Waals surface area contributed by atoms with Crippen molar-refractivity contribution in [2.75, 3.05) is 13.1 Å². The number of H-pyrrole nitrogens is 1. The maximum Gasteiger partial charge on any atom is 0.255 e. The fourth-order valence-corrected chi connectivity index (χ4v) is 3.87. The Kier molecular flexibility index (Phi) is 4.51. The molecule has 0 aliphatic carbocycles. The summed E-state index contributed by atoms with van der Waals surface area (Å²) in [6, 6.07) is 7.66. The van der Waals surface area contributed by atoms with Crippen LogP contribution in [0.1, 0.15) is 24.2 Å². The van der Waals surface area contributed by atoms with Gasteiger partial charge in [-0.05, 0) is 38.1 Å². The number of hydrogen-bond acceptors (Lipinski definition) is 6. The molecule has 2 atom stereocenters. The van der Waals surface area contributed by atoms with Crippen molar-refractivity contribution in [3.8, 4) is 17.2 Å². The van der Waals surface area contributed by atoms with Crippen molar-refractivity contribution in [1.82, 2.24) is 34.6 Å². The van der Waals surface area contributed by atoms with E-state index < -0.39 is 0 Å². The van der Waals surface area contributed by atoms with E-state index in [1.165, 1.54) is 6.33 Å². The van der Waals surface area contributed by atoms with Gasteiger partial charge in [0, 0.05) is 30.9 Å². The third kappa shape index (κ3) is 3.33. The first-order chi connectivity index (χ1) is 14.6. The molecule has 1 saturated heterocycles. The van der Waals surface area contributed by atoms with Crippen LogP contribution in [0.15, 0.2) is 49.2 Å². The fraction of sp³-hybridized carbons (Fsp3) is 0.286. The monoisotopic (exact) mass is 403 g/mol. The van der Waals surface area contributed by atoms with Crippen LogP contribution in [-0.2, 0) is 4.74 Å². The van der Waals surface area contributed by atoms with Gasteiger partial charge in [0.05, 0.1) is 29.7 Å². The molecule has 5 heterocycles. The predicted octanol–water partition coefficient (Wildman–Crippen LogP) is 2.46. The fourth-order valence-electron chi connectivity index (χ4n) is 3.87. The minimum atomic E-state index is -0.0165. The van der Waals surface area contributed by atoms with E-state index in [-0.39, 0.29) is 18.1 Å². The summed E-state index contributed by atoms with van der Waals surface area (Å²) in [4.78, 5) is 27.9. The molecule has 0 radical (unpaired) electrons. The molecular weight excluding hydrogens is 382 g/mol. The van der Waals surface area contributed by atoms with Gasteiger partial charge in [-0.3, -0.25) is 19.4 Å². The molecule has 1 aliphatic rings. The van der Waals surface area contributed by atoms with Crippen LogP contribution in [0, 0.1) is 0 Å². The van der Waals surface area contributed by atoms with E-state index in [2.05, 4.69) is 25.1 Å². The van der Waals surface area contributed by atoms with Crippen molar-refractivity contribution in [1.29, 1.82) is 0 Å². The van der Waals surface area contributed by atoms with E-state index in [0.717, 1.165) is 16.7 Å². The Morgan fingerprint density at radius 1 is 1.10 bits per heavy atom. The van der Waals surface area contributed by atoms with E-state index in [9.17, 15) is 4.79 Å². The molecule has 1 amide bonds. The van der Waals surface area contributed by atoms with Crippen LogP contribution >= 0.6 is 0 Å². The number of fused-ring (bicyclic) bond motifs is 1. The van der Waals surface area contributed by atoms with Crippen molar-refractivity contribution in [3.05, 3.63) is 54.7 Å². The maximum absolute atomic E-state index is 13.0. The van der Waals surface area contributed by atoms with Gasteiger partial charge in [-0.1, -0.05) is 0 Å². The number of carbonyl (C=O) groups excluding carboxylic acids is 1. The molecule has 1 aliphatic heterocycles. The van der Waals surface area contributed by atoms with Crippen LogP contribution in [0.4, 0.5) is 0 Å². The lowest BCUT2D eigenvalue weighted by Gasteiger charge is -2.35. The van der Waals surface area contributed by atoms with Gasteiger partial charge in [0.2, 0.25) is 0 Å². The SMILES string of the molecule is CC1CN(C(=O)c2cnc3c(ccn3-c3ccc(-c4ncn[nH]4)nc3)c2)CC(C)O1. The quantitative estimate of drug-likeness (QED) is 0.564. The lowest BCUT2D eigenvalue weighted by molar-refractivity contribution is -0.0586. The van der Waals surface area contributed by atoms with E-state index in [4.69, 9.17) is 4.74 Å². The van der Waals surface area contributed by atoms with Gasteiger partial charge in [-0.15, -0.1) is 0 Å². The largest absolute Gasteiger partial charge is 0.372 e. The molecule has 9 heteroatoms. The van der Waals surface area contributed by atoms with Crippen LogP contribution in [0.5, 0.6) is 0 Å². The molecule has 0 spiro atoms. The highest BCUT2D eigenvalue weighted by Gasteiger charge is 2.27. The number of morpholine rings is 1. The molecule has 0 aromatic carbocycles. The highest BCUT2D eigenvalue weighted by molar-refractivity contribution is 5.97. The number of hydrogen-bond donors (Lipinski definition) is 1. The Hall–Kier alpha value is -3.59. The number of amides is 1. The highest BCUT2D eigenvalue weighted by Crippen LogP contribution is 2.22. The van der Waals surface area contributed by atoms with Crippen LogP contribution in [-0.4, -0.2) is 65.8 Å². The Bertz CT molecular complexity index is 1170. The number of carbonyl (C=O) groups is 1. The summed E-state index contributed by atoms with van der Waals surface area (Å²) >= 11 is 0. The number of rotatable bonds is 3. The summed E-state index contributed by atoms with van der Waals surface area (Å²) in [5.74, 6) is 0.601. The minimum absolute atomic E-state index is 0.0165. The Morgan fingerprint density at radius 3 is 2.63 bits per heavy atom. The van der Waals surface area contributed by atoms with Crippen molar-refractivity contribution >= 4 is 16.9 Å². The molecule has 9 nitrogen and oxygen atoms in total. The lowest BCUT2D eigenvalue weighted by Crippen LogP contribution is -2.48. The number of nitrogens with one attached hydrogen (secondary N) is 1. The van der Waals surface area contributed by atoms with Crippen molar-refractivity contribution in [3.63, 3.8) is 0 Å². The highest BCUT2D eigenvalue weighted by atomic mass is 16.5. The van der Waals surface area contributed by atoms with Gasteiger partial charge >= 0.3 is 0 Å². The first-order valence-corrected chi connectivity index (χ1v) is 9.82. The minimum Gasteiger partial charge on any atom is -0.372 e. The number of nitrogens with zero attached hydrogens (tertiary/aromatic N) is 6. The Morgan fingerprint density at radius 2 is 1.93 bits per heavy atom. The second-order valence-corrected chi connectivity index (χ2v) is 7.53. The van der Waals surface area contributed by atoms with E-state index in [1.54, 1.807) is 12.4 Å². The molecule has 0 saturated carbocycles. The van der Waals surface area contributed by atoms with Crippen molar-refractivity contribution in [2.45, 2.75) is 26.1 Å². The molecule has 152 valence electrons.